The summed E-state index contributed by atoms with van der Waals surface area (Å²) in [6.07, 6.45) is 14.2. The molecule has 2 atom stereocenters. The quantitative estimate of drug-likeness (QED) is 0.388. The number of aromatic nitrogens is 2. The molecule has 1 aromatic rings. The van der Waals surface area contributed by atoms with Crippen LogP contribution < -0.4 is 11.1 Å². The number of rotatable bonds is 8. The minimum Gasteiger partial charge on any atom is -0.405 e. The fraction of sp³-hybridized carbons (Fsp3) is 0.667. The Morgan fingerprint density at radius 3 is 2.37 bits per heavy atom. The van der Waals surface area contributed by atoms with E-state index in [0.717, 1.165) is 30.8 Å². The summed E-state index contributed by atoms with van der Waals surface area (Å²) in [5.74, 6) is -1.65. The van der Waals surface area contributed by atoms with Crippen LogP contribution in [-0.2, 0) is 11.2 Å². The molecule has 2 unspecified atom stereocenters. The molecule has 1 amide bonds. The molecule has 0 saturated heterocycles. The van der Waals surface area contributed by atoms with Gasteiger partial charge in [-0.15, -0.1) is 0 Å². The van der Waals surface area contributed by atoms with Crippen LogP contribution in [0.15, 0.2) is 46.8 Å². The summed E-state index contributed by atoms with van der Waals surface area (Å²) in [6.45, 7) is 9.94. The second-order valence-corrected chi connectivity index (χ2v) is 11.1. The number of nitrogens with zero attached hydrogens (tertiary/aromatic N) is 5. The molecule has 0 aromatic carbocycles. The Labute approximate surface area is 243 Å². The molecular formula is C30H48F3N7O. The Kier molecular flexibility index (Phi) is 14.7. The summed E-state index contributed by atoms with van der Waals surface area (Å²) in [5.41, 5.74) is 6.67. The van der Waals surface area contributed by atoms with Crippen LogP contribution in [0, 0.1) is 0 Å². The van der Waals surface area contributed by atoms with Gasteiger partial charge in [-0.1, -0.05) is 32.3 Å². The predicted octanol–water partition coefficient (Wildman–Crippen LogP) is 6.11. The molecule has 3 N–H and O–H groups in total. The third-order valence-electron chi connectivity index (χ3n) is 6.52. The standard InChI is InChI=1S/C19H27FN6O.C6H10F2.C3H6.C2H5N/c1-13(2)26-17(6-7-22-26)9-16-12-25-18(24-16)8-15(11-23-25)10-21-19(27)5-4-14(3)20;7-6(8)4-2-1-3-5-6;1-2-3-1;1-2-3/h6-8,11,13-14,16H,4-5,9-10,12H2,1-3H3,(H,21,27);1-5H2;1-3H2;2H,1,3H2. The van der Waals surface area contributed by atoms with E-state index in [1.165, 1.54) is 38.1 Å². The van der Waals surface area contributed by atoms with Gasteiger partial charge in [0.25, 0.3) is 0 Å². The molecule has 41 heavy (non-hydrogen) atoms. The Balaban J connectivity index is 0.000000342. The highest BCUT2D eigenvalue weighted by molar-refractivity contribution is 6.02. The summed E-state index contributed by atoms with van der Waals surface area (Å²) < 4.78 is 39.2. The molecule has 2 aliphatic carbocycles. The van der Waals surface area contributed by atoms with Gasteiger partial charge in [0.15, 0.2) is 0 Å². The first-order valence-corrected chi connectivity index (χ1v) is 14.8. The number of alkyl halides is 3. The van der Waals surface area contributed by atoms with E-state index in [-0.39, 0.29) is 37.6 Å². The van der Waals surface area contributed by atoms with E-state index >= 15 is 0 Å². The molecule has 8 nitrogen and oxygen atoms in total. The molecule has 3 heterocycles. The zero-order valence-corrected chi connectivity index (χ0v) is 24.9. The zero-order chi connectivity index (χ0) is 30.3. The van der Waals surface area contributed by atoms with Crippen molar-refractivity contribution in [3.05, 3.63) is 42.4 Å². The monoisotopic (exact) mass is 579 g/mol. The smallest absolute Gasteiger partial charge is 0.248 e. The Morgan fingerprint density at radius 2 is 1.83 bits per heavy atom. The first-order chi connectivity index (χ1) is 19.5. The summed E-state index contributed by atoms with van der Waals surface area (Å²) in [4.78, 5) is 16.5. The number of carbonyl (C=O) groups excluding carboxylic acids is 1. The van der Waals surface area contributed by atoms with Gasteiger partial charge in [-0.3, -0.25) is 14.5 Å². The molecular weight excluding hydrogens is 531 g/mol. The number of halogens is 3. The van der Waals surface area contributed by atoms with Crippen LogP contribution in [0.1, 0.15) is 96.7 Å². The van der Waals surface area contributed by atoms with E-state index in [2.05, 4.69) is 41.7 Å². The lowest BCUT2D eigenvalue weighted by atomic mass is 9.97. The highest BCUT2D eigenvalue weighted by Gasteiger charge is 2.30. The highest BCUT2D eigenvalue weighted by Crippen LogP contribution is 2.32. The number of hydrogen-bond donors (Lipinski definition) is 2. The lowest BCUT2D eigenvalue weighted by molar-refractivity contribution is -0.121. The number of amidine groups is 1. The molecule has 11 heteroatoms. The topological polar surface area (TPSA) is 101 Å². The van der Waals surface area contributed by atoms with E-state index in [4.69, 9.17) is 4.99 Å². The van der Waals surface area contributed by atoms with E-state index < -0.39 is 12.1 Å². The number of fused-ring (bicyclic) bond motifs is 1. The summed E-state index contributed by atoms with van der Waals surface area (Å²) >= 11 is 0. The lowest BCUT2D eigenvalue weighted by Crippen LogP contribution is -2.31. The molecule has 0 bridgehead atoms. The van der Waals surface area contributed by atoms with Crippen LogP contribution in [0.3, 0.4) is 0 Å². The van der Waals surface area contributed by atoms with Gasteiger partial charge in [-0.05, 0) is 63.9 Å². The van der Waals surface area contributed by atoms with E-state index in [1.54, 1.807) is 6.21 Å². The van der Waals surface area contributed by atoms with Crippen LogP contribution in [0.5, 0.6) is 0 Å². The zero-order valence-electron chi connectivity index (χ0n) is 24.9. The second kappa shape index (κ2) is 17.6. The fourth-order valence-corrected chi connectivity index (χ4v) is 4.26. The number of nitrogens with two attached hydrogens (primary N) is 1. The number of aliphatic imine (C=N–C) groups is 1. The largest absolute Gasteiger partial charge is 0.405 e. The SMILES string of the molecule is C1CC1.C=CN.CC(F)CCC(=O)NCC1=CC2=NC(Cc3ccnn3C(C)C)CN2N=C1.FC1(F)CCCCC1. The molecule has 1 aromatic heterocycles. The van der Waals surface area contributed by atoms with Gasteiger partial charge < -0.3 is 11.1 Å². The third kappa shape index (κ3) is 13.9. The molecule has 0 spiro atoms. The number of amides is 1. The maximum Gasteiger partial charge on any atom is 0.248 e. The van der Waals surface area contributed by atoms with E-state index in [9.17, 15) is 18.0 Å². The van der Waals surface area contributed by atoms with Gasteiger partial charge in [0.2, 0.25) is 11.8 Å². The summed E-state index contributed by atoms with van der Waals surface area (Å²) in [7, 11) is 0. The summed E-state index contributed by atoms with van der Waals surface area (Å²) in [6, 6.07) is 2.48. The minimum atomic E-state index is -2.32. The third-order valence-corrected chi connectivity index (χ3v) is 6.52. The molecule has 2 saturated carbocycles. The van der Waals surface area contributed by atoms with Gasteiger partial charge in [0.1, 0.15) is 5.84 Å². The van der Waals surface area contributed by atoms with E-state index in [1.807, 2.05) is 28.0 Å². The van der Waals surface area contributed by atoms with Gasteiger partial charge >= 0.3 is 0 Å². The molecule has 5 rings (SSSR count). The maximum absolute atomic E-state index is 12.8. The van der Waals surface area contributed by atoms with Crippen LogP contribution in [0.4, 0.5) is 13.2 Å². The normalized spacial score (nSPS) is 20.5. The van der Waals surface area contributed by atoms with Crippen molar-refractivity contribution in [1.82, 2.24) is 20.1 Å². The van der Waals surface area contributed by atoms with E-state index in [0.29, 0.717) is 25.4 Å². The van der Waals surface area contributed by atoms with Crippen molar-refractivity contribution in [2.45, 2.75) is 116 Å². The molecule has 230 valence electrons. The summed E-state index contributed by atoms with van der Waals surface area (Å²) in [5, 5.41) is 13.5. The van der Waals surface area contributed by atoms with Crippen LogP contribution >= 0.6 is 0 Å². The van der Waals surface area contributed by atoms with Crippen LogP contribution in [0.2, 0.25) is 0 Å². The van der Waals surface area contributed by atoms with Gasteiger partial charge in [-0.2, -0.15) is 10.2 Å². The van der Waals surface area contributed by atoms with Crippen LogP contribution in [-0.4, -0.2) is 64.0 Å². The second-order valence-electron chi connectivity index (χ2n) is 11.1. The van der Waals surface area contributed by atoms with Crippen molar-refractivity contribution < 1.29 is 18.0 Å². The number of carbonyl (C=O) groups is 1. The fourth-order valence-electron chi connectivity index (χ4n) is 4.26. The van der Waals surface area contributed by atoms with Crippen molar-refractivity contribution in [2.24, 2.45) is 15.8 Å². The molecule has 2 fully saturated rings. The minimum absolute atomic E-state index is 0.118. The van der Waals surface area contributed by atoms with Crippen molar-refractivity contribution in [2.75, 3.05) is 13.1 Å². The van der Waals surface area contributed by atoms with Crippen molar-refractivity contribution in [3.63, 3.8) is 0 Å². The highest BCUT2D eigenvalue weighted by atomic mass is 19.3. The average molecular weight is 580 g/mol. The number of hydrazone groups is 1. The molecule has 4 aliphatic rings. The Bertz CT molecular complexity index is 1020. The van der Waals surface area contributed by atoms with Crippen molar-refractivity contribution in [3.8, 4) is 0 Å². The Hall–Kier alpha value is -3.11. The number of nitrogens with one attached hydrogen (secondary N) is 1. The molecule has 2 aliphatic heterocycles. The molecule has 0 radical (unpaired) electrons. The number of hydrogen-bond acceptors (Lipinski definition) is 6. The first-order valence-electron chi connectivity index (χ1n) is 14.8. The van der Waals surface area contributed by atoms with Gasteiger partial charge in [-0.25, -0.2) is 18.2 Å². The maximum atomic E-state index is 12.8. The average Bonchev–Trinajstić information content (AvgIpc) is 3.64. The van der Waals surface area contributed by atoms with Crippen molar-refractivity contribution >= 4 is 18.0 Å². The van der Waals surface area contributed by atoms with Crippen LogP contribution in [0.25, 0.3) is 0 Å². The van der Waals surface area contributed by atoms with Crippen molar-refractivity contribution in [1.29, 1.82) is 0 Å². The predicted molar refractivity (Wildman–Crippen MR) is 160 cm³/mol. The van der Waals surface area contributed by atoms with Gasteiger partial charge in [0.05, 0.1) is 25.0 Å². The Morgan fingerprint density at radius 1 is 1.20 bits per heavy atom. The van der Waals surface area contributed by atoms with Gasteiger partial charge in [0, 0.05) is 50.2 Å². The first kappa shape index (κ1) is 34.1. The lowest BCUT2D eigenvalue weighted by Gasteiger charge is -2.20.